The topological polar surface area (TPSA) is 42.7 Å². The van der Waals surface area contributed by atoms with Crippen LogP contribution in [0.1, 0.15) is 12.7 Å². The van der Waals surface area contributed by atoms with Crippen LogP contribution in [0.25, 0.3) is 0 Å². The Bertz CT molecular complexity index is 449. The first-order valence-corrected chi connectivity index (χ1v) is 6.23. The van der Waals surface area contributed by atoms with Crippen molar-refractivity contribution in [2.45, 2.75) is 20.0 Å². The molecular weight excluding hydrogens is 315 g/mol. The Morgan fingerprint density at radius 3 is 2.75 bits per heavy atom. The molecule has 0 bridgehead atoms. The zero-order chi connectivity index (χ0) is 11.4. The Hall–Kier alpha value is -1.11. The van der Waals surface area contributed by atoms with Gasteiger partial charge in [-0.1, -0.05) is 0 Å². The second-order valence-electron chi connectivity index (χ2n) is 3.35. The number of hydrogen-bond acceptors (Lipinski definition) is 3. The molecule has 84 valence electrons. The first-order valence-electron chi connectivity index (χ1n) is 5.15. The lowest BCUT2D eigenvalue weighted by Crippen LogP contribution is -2.08. The van der Waals surface area contributed by atoms with Crippen LogP contribution in [0.15, 0.2) is 30.6 Å². The van der Waals surface area contributed by atoms with Crippen LogP contribution in [-0.4, -0.2) is 14.8 Å². The van der Waals surface area contributed by atoms with Crippen molar-refractivity contribution in [2.24, 2.45) is 0 Å². The zero-order valence-corrected chi connectivity index (χ0v) is 11.2. The molecule has 0 fully saturated rings. The Kier molecular flexibility index (Phi) is 3.76. The number of hydrogen-bond donors (Lipinski definition) is 1. The molecule has 1 aromatic carbocycles. The molecule has 0 atom stereocenters. The predicted molar refractivity (Wildman–Crippen MR) is 72.2 cm³/mol. The van der Waals surface area contributed by atoms with Gasteiger partial charge >= 0.3 is 0 Å². The average molecular weight is 328 g/mol. The van der Waals surface area contributed by atoms with E-state index < -0.39 is 0 Å². The number of halogens is 1. The van der Waals surface area contributed by atoms with Crippen LogP contribution < -0.4 is 5.32 Å². The SMILES string of the molecule is CCn1ncnc1CNc1ccc(I)cc1. The Morgan fingerprint density at radius 1 is 1.31 bits per heavy atom. The van der Waals surface area contributed by atoms with E-state index >= 15 is 0 Å². The van der Waals surface area contributed by atoms with Crippen molar-refractivity contribution >= 4 is 28.3 Å². The van der Waals surface area contributed by atoms with E-state index in [1.165, 1.54) is 3.57 Å². The van der Waals surface area contributed by atoms with Crippen LogP contribution in [-0.2, 0) is 13.1 Å². The molecule has 1 N–H and O–H groups in total. The van der Waals surface area contributed by atoms with E-state index in [1.54, 1.807) is 6.33 Å². The second kappa shape index (κ2) is 5.29. The predicted octanol–water partition coefficient (Wildman–Crippen LogP) is 2.51. The van der Waals surface area contributed by atoms with E-state index in [-0.39, 0.29) is 0 Å². The fourth-order valence-electron chi connectivity index (χ4n) is 1.44. The van der Waals surface area contributed by atoms with Gasteiger partial charge in [0.15, 0.2) is 0 Å². The van der Waals surface area contributed by atoms with Crippen molar-refractivity contribution in [1.82, 2.24) is 14.8 Å². The van der Waals surface area contributed by atoms with Gasteiger partial charge in [0.1, 0.15) is 12.2 Å². The second-order valence-corrected chi connectivity index (χ2v) is 4.60. The molecule has 0 radical (unpaired) electrons. The first-order chi connectivity index (χ1) is 7.79. The summed E-state index contributed by atoms with van der Waals surface area (Å²) in [5, 5.41) is 7.45. The Morgan fingerprint density at radius 2 is 2.06 bits per heavy atom. The van der Waals surface area contributed by atoms with Gasteiger partial charge in [0.25, 0.3) is 0 Å². The van der Waals surface area contributed by atoms with Crippen molar-refractivity contribution < 1.29 is 0 Å². The number of benzene rings is 1. The minimum atomic E-state index is 0.703. The number of aromatic nitrogens is 3. The molecule has 0 spiro atoms. The summed E-state index contributed by atoms with van der Waals surface area (Å²) in [6, 6.07) is 8.28. The molecule has 0 unspecified atom stereocenters. The molecule has 1 heterocycles. The lowest BCUT2D eigenvalue weighted by molar-refractivity contribution is 0.622. The van der Waals surface area contributed by atoms with Gasteiger partial charge in [-0.2, -0.15) is 5.10 Å². The molecule has 2 rings (SSSR count). The lowest BCUT2D eigenvalue weighted by Gasteiger charge is -2.06. The van der Waals surface area contributed by atoms with Crippen LogP contribution in [0.4, 0.5) is 5.69 Å². The van der Waals surface area contributed by atoms with Gasteiger partial charge in [0.2, 0.25) is 0 Å². The zero-order valence-electron chi connectivity index (χ0n) is 9.02. The number of aryl methyl sites for hydroxylation is 1. The monoisotopic (exact) mass is 328 g/mol. The van der Waals surface area contributed by atoms with Gasteiger partial charge in [0.05, 0.1) is 6.54 Å². The molecule has 0 aliphatic rings. The van der Waals surface area contributed by atoms with Crippen molar-refractivity contribution in [3.63, 3.8) is 0 Å². The summed E-state index contributed by atoms with van der Waals surface area (Å²) in [4.78, 5) is 4.21. The maximum absolute atomic E-state index is 4.21. The van der Waals surface area contributed by atoms with Gasteiger partial charge in [-0.3, -0.25) is 0 Å². The molecular formula is C11H13IN4. The maximum Gasteiger partial charge on any atom is 0.146 e. The minimum Gasteiger partial charge on any atom is -0.378 e. The standard InChI is InChI=1S/C11H13IN4/c1-2-16-11(14-8-15-16)7-13-10-5-3-9(12)4-6-10/h3-6,8,13H,2,7H2,1H3. The summed E-state index contributed by atoms with van der Waals surface area (Å²) in [5.41, 5.74) is 1.10. The fourth-order valence-corrected chi connectivity index (χ4v) is 1.80. The lowest BCUT2D eigenvalue weighted by atomic mass is 10.3. The highest BCUT2D eigenvalue weighted by Gasteiger charge is 2.01. The minimum absolute atomic E-state index is 0.703. The molecule has 4 nitrogen and oxygen atoms in total. The third-order valence-corrected chi connectivity index (χ3v) is 3.01. The van der Waals surface area contributed by atoms with Gasteiger partial charge < -0.3 is 5.32 Å². The highest BCUT2D eigenvalue weighted by Crippen LogP contribution is 2.11. The van der Waals surface area contributed by atoms with Gasteiger partial charge in [-0.15, -0.1) is 0 Å². The van der Waals surface area contributed by atoms with E-state index in [9.17, 15) is 0 Å². The van der Waals surface area contributed by atoms with Gasteiger partial charge in [0, 0.05) is 15.8 Å². The summed E-state index contributed by atoms with van der Waals surface area (Å²) in [6.45, 7) is 3.61. The number of nitrogens with zero attached hydrogens (tertiary/aromatic N) is 3. The Labute approximate surface area is 108 Å². The van der Waals surface area contributed by atoms with E-state index in [0.717, 1.165) is 18.1 Å². The van der Waals surface area contributed by atoms with Crippen molar-refractivity contribution in [1.29, 1.82) is 0 Å². The highest BCUT2D eigenvalue weighted by molar-refractivity contribution is 14.1. The molecule has 1 aromatic heterocycles. The number of rotatable bonds is 4. The Balaban J connectivity index is 1.99. The molecule has 16 heavy (non-hydrogen) atoms. The van der Waals surface area contributed by atoms with E-state index in [1.807, 2.05) is 4.68 Å². The molecule has 2 aromatic rings. The molecule has 0 amide bonds. The molecule has 5 heteroatoms. The summed E-state index contributed by atoms with van der Waals surface area (Å²) >= 11 is 2.29. The third-order valence-electron chi connectivity index (χ3n) is 2.29. The van der Waals surface area contributed by atoms with Crippen molar-refractivity contribution in [3.05, 3.63) is 40.0 Å². The normalized spacial score (nSPS) is 10.4. The van der Waals surface area contributed by atoms with Gasteiger partial charge in [-0.05, 0) is 53.8 Å². The van der Waals surface area contributed by atoms with E-state index in [0.29, 0.717) is 6.54 Å². The van der Waals surface area contributed by atoms with Gasteiger partial charge in [-0.25, -0.2) is 9.67 Å². The summed E-state index contributed by atoms with van der Waals surface area (Å²) in [5.74, 6) is 0.959. The van der Waals surface area contributed by atoms with Crippen LogP contribution in [0.5, 0.6) is 0 Å². The van der Waals surface area contributed by atoms with Crippen molar-refractivity contribution in [2.75, 3.05) is 5.32 Å². The average Bonchev–Trinajstić information content (AvgIpc) is 2.76. The number of nitrogens with one attached hydrogen (secondary N) is 1. The fraction of sp³-hybridized carbons (Fsp3) is 0.273. The highest BCUT2D eigenvalue weighted by atomic mass is 127. The van der Waals surface area contributed by atoms with E-state index in [2.05, 4.69) is 69.2 Å². The largest absolute Gasteiger partial charge is 0.378 e. The smallest absolute Gasteiger partial charge is 0.146 e. The van der Waals surface area contributed by atoms with E-state index in [4.69, 9.17) is 0 Å². The molecule has 0 aliphatic carbocycles. The third kappa shape index (κ3) is 2.72. The molecule has 0 aliphatic heterocycles. The molecule has 0 saturated carbocycles. The van der Waals surface area contributed by atoms with Crippen molar-refractivity contribution in [3.8, 4) is 0 Å². The quantitative estimate of drug-likeness (QED) is 0.877. The summed E-state index contributed by atoms with van der Waals surface area (Å²) < 4.78 is 3.12. The summed E-state index contributed by atoms with van der Waals surface area (Å²) in [7, 11) is 0. The van der Waals surface area contributed by atoms with Crippen LogP contribution in [0.3, 0.4) is 0 Å². The van der Waals surface area contributed by atoms with Crippen LogP contribution in [0.2, 0.25) is 0 Å². The molecule has 0 saturated heterocycles. The number of anilines is 1. The van der Waals surface area contributed by atoms with Crippen LogP contribution >= 0.6 is 22.6 Å². The summed E-state index contributed by atoms with van der Waals surface area (Å²) in [6.07, 6.45) is 1.59. The first kappa shape index (κ1) is 11.4. The van der Waals surface area contributed by atoms with Crippen LogP contribution in [0, 0.1) is 3.57 Å². The maximum atomic E-state index is 4.21.